The SMILES string of the molecule is N#CCCCCNc1cc(Cl)ccc1F. The summed E-state index contributed by atoms with van der Waals surface area (Å²) in [5, 5.41) is 11.8. The first kappa shape index (κ1) is 11.8. The topological polar surface area (TPSA) is 35.8 Å². The van der Waals surface area contributed by atoms with Crippen LogP contribution in [0.3, 0.4) is 0 Å². The molecule has 0 saturated heterocycles. The van der Waals surface area contributed by atoms with Gasteiger partial charge in [-0.25, -0.2) is 4.39 Å². The van der Waals surface area contributed by atoms with E-state index in [2.05, 4.69) is 11.4 Å². The first-order valence-electron chi connectivity index (χ1n) is 4.80. The number of hydrogen-bond donors (Lipinski definition) is 1. The van der Waals surface area contributed by atoms with Crippen molar-refractivity contribution >= 4 is 17.3 Å². The minimum Gasteiger partial charge on any atom is -0.383 e. The molecule has 1 aromatic carbocycles. The zero-order chi connectivity index (χ0) is 11.1. The Morgan fingerprint density at radius 2 is 2.20 bits per heavy atom. The molecule has 0 aliphatic carbocycles. The summed E-state index contributed by atoms with van der Waals surface area (Å²) in [4.78, 5) is 0. The number of rotatable bonds is 5. The smallest absolute Gasteiger partial charge is 0.146 e. The van der Waals surface area contributed by atoms with Gasteiger partial charge in [0.05, 0.1) is 11.8 Å². The van der Waals surface area contributed by atoms with Gasteiger partial charge in [-0.1, -0.05) is 11.6 Å². The summed E-state index contributed by atoms with van der Waals surface area (Å²) in [5.41, 5.74) is 0.416. The van der Waals surface area contributed by atoms with Crippen molar-refractivity contribution in [2.45, 2.75) is 19.3 Å². The Morgan fingerprint density at radius 1 is 1.40 bits per heavy atom. The van der Waals surface area contributed by atoms with Gasteiger partial charge in [0.15, 0.2) is 0 Å². The molecule has 1 rings (SSSR count). The highest BCUT2D eigenvalue weighted by atomic mass is 35.5. The van der Waals surface area contributed by atoms with Crippen molar-refractivity contribution in [1.29, 1.82) is 5.26 Å². The molecule has 0 saturated carbocycles. The van der Waals surface area contributed by atoms with Gasteiger partial charge in [0.1, 0.15) is 5.82 Å². The Morgan fingerprint density at radius 3 is 2.93 bits per heavy atom. The Bertz CT molecular complexity index is 360. The molecule has 0 aliphatic heterocycles. The minimum atomic E-state index is -0.306. The molecule has 1 N–H and O–H groups in total. The lowest BCUT2D eigenvalue weighted by molar-refractivity contribution is 0.629. The molecule has 0 spiro atoms. The van der Waals surface area contributed by atoms with E-state index in [1.807, 2.05) is 0 Å². The van der Waals surface area contributed by atoms with Gasteiger partial charge in [-0.2, -0.15) is 5.26 Å². The summed E-state index contributed by atoms with van der Waals surface area (Å²) in [7, 11) is 0. The van der Waals surface area contributed by atoms with Gasteiger partial charge in [0, 0.05) is 18.0 Å². The summed E-state index contributed by atoms with van der Waals surface area (Å²) in [5.74, 6) is -0.306. The van der Waals surface area contributed by atoms with Gasteiger partial charge >= 0.3 is 0 Å². The van der Waals surface area contributed by atoms with Gasteiger partial charge in [-0.15, -0.1) is 0 Å². The lowest BCUT2D eigenvalue weighted by Crippen LogP contribution is -2.03. The van der Waals surface area contributed by atoms with Crippen molar-refractivity contribution < 1.29 is 4.39 Å². The fourth-order valence-corrected chi connectivity index (χ4v) is 1.36. The number of nitrogens with zero attached hydrogens (tertiary/aromatic N) is 1. The van der Waals surface area contributed by atoms with E-state index in [1.54, 1.807) is 6.07 Å². The predicted octanol–water partition coefficient (Wildman–Crippen LogP) is 3.58. The first-order chi connectivity index (χ1) is 7.24. The Labute approximate surface area is 93.7 Å². The maximum Gasteiger partial charge on any atom is 0.146 e. The number of nitrogens with one attached hydrogen (secondary N) is 1. The number of benzene rings is 1. The quantitative estimate of drug-likeness (QED) is 0.779. The van der Waals surface area contributed by atoms with Crippen LogP contribution in [0.1, 0.15) is 19.3 Å². The van der Waals surface area contributed by atoms with E-state index in [0.717, 1.165) is 12.8 Å². The second-order valence-corrected chi connectivity index (χ2v) is 3.60. The van der Waals surface area contributed by atoms with Crippen LogP contribution in [0.2, 0.25) is 5.02 Å². The molecule has 0 amide bonds. The Kier molecular flexibility index (Phi) is 4.92. The van der Waals surface area contributed by atoms with E-state index in [9.17, 15) is 4.39 Å². The van der Waals surface area contributed by atoms with Gasteiger partial charge in [0.25, 0.3) is 0 Å². The lowest BCUT2D eigenvalue weighted by Gasteiger charge is -2.06. The van der Waals surface area contributed by atoms with Crippen molar-refractivity contribution in [2.24, 2.45) is 0 Å². The van der Waals surface area contributed by atoms with E-state index in [0.29, 0.717) is 23.7 Å². The standard InChI is InChI=1S/C11H12ClFN2/c12-9-4-5-10(13)11(8-9)15-7-3-1-2-6-14/h4-5,8,15H,1-3,7H2. The number of halogens is 2. The third-order valence-corrected chi connectivity index (χ3v) is 2.19. The summed E-state index contributed by atoms with van der Waals surface area (Å²) in [6, 6.07) is 6.47. The molecule has 4 heteroatoms. The minimum absolute atomic E-state index is 0.306. The molecule has 0 aromatic heterocycles. The molecule has 0 atom stereocenters. The van der Waals surface area contributed by atoms with Gasteiger partial charge < -0.3 is 5.32 Å². The van der Waals surface area contributed by atoms with Crippen LogP contribution >= 0.6 is 11.6 Å². The second kappa shape index (κ2) is 6.26. The van der Waals surface area contributed by atoms with Gasteiger partial charge in [-0.3, -0.25) is 0 Å². The van der Waals surface area contributed by atoms with Gasteiger partial charge in [-0.05, 0) is 31.0 Å². The Balaban J connectivity index is 2.37. The highest BCUT2D eigenvalue weighted by Crippen LogP contribution is 2.19. The van der Waals surface area contributed by atoms with Crippen molar-refractivity contribution in [1.82, 2.24) is 0 Å². The molecule has 0 heterocycles. The van der Waals surface area contributed by atoms with E-state index in [-0.39, 0.29) is 5.82 Å². The average molecular weight is 227 g/mol. The van der Waals surface area contributed by atoms with Crippen molar-refractivity contribution in [3.63, 3.8) is 0 Å². The number of nitriles is 1. The fraction of sp³-hybridized carbons (Fsp3) is 0.364. The molecule has 15 heavy (non-hydrogen) atoms. The lowest BCUT2D eigenvalue weighted by atomic mass is 10.2. The molecule has 80 valence electrons. The highest BCUT2D eigenvalue weighted by molar-refractivity contribution is 6.30. The van der Waals surface area contributed by atoms with Crippen LogP contribution in [0.4, 0.5) is 10.1 Å². The molecule has 0 radical (unpaired) electrons. The molecular formula is C11H12ClFN2. The fourth-order valence-electron chi connectivity index (χ4n) is 1.19. The average Bonchev–Trinajstić information content (AvgIpc) is 2.23. The number of anilines is 1. The largest absolute Gasteiger partial charge is 0.383 e. The van der Waals surface area contributed by atoms with E-state index in [4.69, 9.17) is 16.9 Å². The maximum atomic E-state index is 13.2. The van der Waals surface area contributed by atoms with Crippen LogP contribution in [0.25, 0.3) is 0 Å². The predicted molar refractivity (Wildman–Crippen MR) is 59.4 cm³/mol. The van der Waals surface area contributed by atoms with E-state index in [1.165, 1.54) is 12.1 Å². The molecular weight excluding hydrogens is 215 g/mol. The molecule has 1 aromatic rings. The molecule has 2 nitrogen and oxygen atoms in total. The van der Waals surface area contributed by atoms with Crippen LogP contribution in [0, 0.1) is 17.1 Å². The van der Waals surface area contributed by atoms with E-state index < -0.39 is 0 Å². The number of hydrogen-bond acceptors (Lipinski definition) is 2. The van der Waals surface area contributed by atoms with Crippen LogP contribution in [-0.2, 0) is 0 Å². The maximum absolute atomic E-state index is 13.2. The Hall–Kier alpha value is -1.27. The van der Waals surface area contributed by atoms with Crippen LogP contribution in [-0.4, -0.2) is 6.54 Å². The highest BCUT2D eigenvalue weighted by Gasteiger charge is 2.01. The van der Waals surface area contributed by atoms with Crippen LogP contribution in [0.15, 0.2) is 18.2 Å². The molecule has 0 bridgehead atoms. The second-order valence-electron chi connectivity index (χ2n) is 3.17. The van der Waals surface area contributed by atoms with Crippen molar-refractivity contribution in [3.8, 4) is 6.07 Å². The molecule has 0 unspecified atom stereocenters. The monoisotopic (exact) mass is 226 g/mol. The summed E-state index contributed by atoms with van der Waals surface area (Å²) >= 11 is 5.73. The zero-order valence-corrected chi connectivity index (χ0v) is 9.02. The third kappa shape index (κ3) is 4.18. The van der Waals surface area contributed by atoms with Crippen LogP contribution in [0.5, 0.6) is 0 Å². The van der Waals surface area contributed by atoms with Crippen molar-refractivity contribution in [3.05, 3.63) is 29.0 Å². The summed E-state index contributed by atoms with van der Waals surface area (Å²) < 4.78 is 13.2. The van der Waals surface area contributed by atoms with Crippen LogP contribution < -0.4 is 5.32 Å². The third-order valence-electron chi connectivity index (χ3n) is 1.96. The summed E-state index contributed by atoms with van der Waals surface area (Å²) in [6.07, 6.45) is 2.21. The molecule has 0 fully saturated rings. The normalized spacial score (nSPS) is 9.67. The van der Waals surface area contributed by atoms with Gasteiger partial charge in [0.2, 0.25) is 0 Å². The first-order valence-corrected chi connectivity index (χ1v) is 5.17. The van der Waals surface area contributed by atoms with Crippen molar-refractivity contribution in [2.75, 3.05) is 11.9 Å². The molecule has 0 aliphatic rings. The number of unbranched alkanes of at least 4 members (excludes halogenated alkanes) is 2. The van der Waals surface area contributed by atoms with E-state index >= 15 is 0 Å². The zero-order valence-electron chi connectivity index (χ0n) is 8.26. The summed E-state index contributed by atoms with van der Waals surface area (Å²) in [6.45, 7) is 0.652.